The van der Waals surface area contributed by atoms with Gasteiger partial charge < -0.3 is 21.9 Å². The number of nitrogens with zero attached hydrogens (tertiary/aromatic N) is 2. The number of rotatable bonds is 5. The van der Waals surface area contributed by atoms with Crippen molar-refractivity contribution in [1.82, 2.24) is 4.98 Å². The van der Waals surface area contributed by atoms with Crippen LogP contribution in [-0.4, -0.2) is 21.8 Å². The van der Waals surface area contributed by atoms with Gasteiger partial charge in [0.1, 0.15) is 22.7 Å². The molecule has 0 fully saturated rings. The van der Waals surface area contributed by atoms with Gasteiger partial charge in [-0.25, -0.2) is 4.98 Å². The minimum atomic E-state index is -0.230. The van der Waals surface area contributed by atoms with Crippen molar-refractivity contribution in [3.63, 3.8) is 0 Å². The summed E-state index contributed by atoms with van der Waals surface area (Å²) in [7, 11) is 0. The van der Waals surface area contributed by atoms with E-state index >= 15 is 0 Å². The zero-order chi connectivity index (χ0) is 21.8. The number of nitrogen functional groups attached to an aromatic ring is 2. The number of phenols is 1. The molecule has 0 spiro atoms. The second kappa shape index (κ2) is 8.76. The molecule has 1 amide bonds. The van der Waals surface area contributed by atoms with Gasteiger partial charge in [-0.1, -0.05) is 41.6 Å². The molecule has 30 heavy (non-hydrogen) atoms. The first-order chi connectivity index (χ1) is 14.3. The van der Waals surface area contributed by atoms with Crippen molar-refractivity contribution in [2.75, 3.05) is 22.5 Å². The van der Waals surface area contributed by atoms with E-state index in [-0.39, 0.29) is 34.5 Å². The average Bonchev–Trinajstić information content (AvgIpc) is 2.70. The maximum absolute atomic E-state index is 12.4. The molecule has 152 valence electrons. The van der Waals surface area contributed by atoms with E-state index in [1.165, 1.54) is 12.1 Å². The molecule has 0 unspecified atom stereocenters. The third-order valence-electron chi connectivity index (χ3n) is 4.47. The number of carbonyl (C=O) groups is 1. The molecule has 7 nitrogen and oxygen atoms in total. The van der Waals surface area contributed by atoms with Crippen molar-refractivity contribution in [2.45, 2.75) is 18.9 Å². The molecule has 3 rings (SSSR count). The zero-order valence-electron chi connectivity index (χ0n) is 16.6. The van der Waals surface area contributed by atoms with Crippen molar-refractivity contribution in [2.24, 2.45) is 0 Å². The van der Waals surface area contributed by atoms with E-state index in [0.717, 1.165) is 28.6 Å². The maximum Gasteiger partial charge on any atom is 0.234 e. The number of carbonyl (C=O) groups excluding carboxylic acids is 1. The number of aromatic nitrogens is 1. The average molecular weight is 420 g/mol. The Morgan fingerprint density at radius 2 is 2.00 bits per heavy atom. The van der Waals surface area contributed by atoms with Crippen LogP contribution in [0.3, 0.4) is 0 Å². The van der Waals surface area contributed by atoms with E-state index in [9.17, 15) is 15.2 Å². The van der Waals surface area contributed by atoms with Gasteiger partial charge in [-0.05, 0) is 43.2 Å². The number of nitrogens with one attached hydrogen (secondary N) is 1. The van der Waals surface area contributed by atoms with Gasteiger partial charge in [-0.15, -0.1) is 0 Å². The Kier molecular flexibility index (Phi) is 6.14. The van der Waals surface area contributed by atoms with Gasteiger partial charge in [0.15, 0.2) is 0 Å². The Hall–Kier alpha value is -3.70. The SMILES string of the molecule is Cc1ccc(NC(=O)CSc2nc(N)c(N)c(-c3cccc(O)c3)c2C#N)c(C)c1. The Morgan fingerprint density at radius 3 is 2.67 bits per heavy atom. The largest absolute Gasteiger partial charge is 0.508 e. The van der Waals surface area contributed by atoms with Crippen LogP contribution in [0.4, 0.5) is 17.2 Å². The lowest BCUT2D eigenvalue weighted by Gasteiger charge is -2.14. The van der Waals surface area contributed by atoms with Crippen molar-refractivity contribution >= 4 is 34.9 Å². The van der Waals surface area contributed by atoms with Gasteiger partial charge in [0.2, 0.25) is 5.91 Å². The highest BCUT2D eigenvalue weighted by molar-refractivity contribution is 8.00. The van der Waals surface area contributed by atoms with E-state index in [2.05, 4.69) is 16.4 Å². The highest BCUT2D eigenvalue weighted by Crippen LogP contribution is 2.38. The monoisotopic (exact) mass is 419 g/mol. The van der Waals surface area contributed by atoms with Gasteiger partial charge in [0.25, 0.3) is 0 Å². The van der Waals surface area contributed by atoms with Crippen LogP contribution >= 0.6 is 11.8 Å². The van der Waals surface area contributed by atoms with Crippen LogP contribution < -0.4 is 16.8 Å². The smallest absolute Gasteiger partial charge is 0.234 e. The van der Waals surface area contributed by atoms with Crippen LogP contribution in [0.25, 0.3) is 11.1 Å². The van der Waals surface area contributed by atoms with Crippen molar-refractivity contribution in [3.8, 4) is 22.9 Å². The van der Waals surface area contributed by atoms with Crippen LogP contribution in [0.2, 0.25) is 0 Å². The number of aromatic hydroxyl groups is 1. The van der Waals surface area contributed by atoms with E-state index in [1.807, 2.05) is 32.0 Å². The van der Waals surface area contributed by atoms with Crippen molar-refractivity contribution < 1.29 is 9.90 Å². The van der Waals surface area contributed by atoms with Gasteiger partial charge >= 0.3 is 0 Å². The maximum atomic E-state index is 12.4. The van der Waals surface area contributed by atoms with Crippen molar-refractivity contribution in [3.05, 3.63) is 59.2 Å². The summed E-state index contributed by atoms with van der Waals surface area (Å²) < 4.78 is 0. The molecule has 0 aliphatic rings. The highest BCUT2D eigenvalue weighted by atomic mass is 32.2. The Morgan fingerprint density at radius 1 is 1.23 bits per heavy atom. The van der Waals surface area contributed by atoms with Gasteiger partial charge in [0, 0.05) is 11.3 Å². The first-order valence-electron chi connectivity index (χ1n) is 9.08. The number of nitriles is 1. The van der Waals surface area contributed by atoms with E-state index < -0.39 is 0 Å². The summed E-state index contributed by atoms with van der Waals surface area (Å²) >= 11 is 1.10. The summed E-state index contributed by atoms with van der Waals surface area (Å²) in [6, 6.07) is 14.2. The Labute approximate surface area is 178 Å². The first kappa shape index (κ1) is 21.0. The molecule has 0 bridgehead atoms. The topological polar surface area (TPSA) is 138 Å². The standard InChI is InChI=1S/C22H21N5O2S/c1-12-6-7-17(13(2)8-12)26-18(29)11-30-22-16(10-23)19(20(24)21(25)27-22)14-4-3-5-15(28)9-14/h3-9,28H,11,24H2,1-2H3,(H2,25,27)(H,26,29). The van der Waals surface area contributed by atoms with E-state index in [4.69, 9.17) is 11.5 Å². The summed E-state index contributed by atoms with van der Waals surface area (Å²) in [5.41, 5.74) is 16.1. The molecule has 8 heteroatoms. The normalized spacial score (nSPS) is 10.4. The molecule has 0 saturated carbocycles. The Bertz CT molecular complexity index is 1170. The molecule has 0 atom stereocenters. The number of aryl methyl sites for hydroxylation is 2. The van der Waals surface area contributed by atoms with Crippen LogP contribution in [-0.2, 0) is 4.79 Å². The predicted octanol–water partition coefficient (Wildman–Crippen LogP) is 3.84. The summed E-state index contributed by atoms with van der Waals surface area (Å²) in [6.45, 7) is 3.91. The summed E-state index contributed by atoms with van der Waals surface area (Å²) in [5.74, 6) is -0.0949. The molecule has 0 saturated heterocycles. The number of phenolic OH excluding ortho intramolecular Hbond substituents is 1. The zero-order valence-corrected chi connectivity index (χ0v) is 17.4. The fourth-order valence-electron chi connectivity index (χ4n) is 3.04. The number of benzene rings is 2. The first-order valence-corrected chi connectivity index (χ1v) is 10.1. The molecule has 6 N–H and O–H groups in total. The van der Waals surface area contributed by atoms with E-state index in [0.29, 0.717) is 16.2 Å². The Balaban J connectivity index is 1.87. The molecule has 0 aliphatic carbocycles. The fourth-order valence-corrected chi connectivity index (χ4v) is 3.83. The summed E-state index contributed by atoms with van der Waals surface area (Å²) in [5, 5.41) is 22.7. The number of nitrogens with two attached hydrogens (primary N) is 2. The number of hydrogen-bond acceptors (Lipinski definition) is 7. The molecular weight excluding hydrogens is 398 g/mol. The number of pyridine rings is 1. The molecule has 2 aromatic carbocycles. The number of amides is 1. The molecular formula is C22H21N5O2S. The lowest BCUT2D eigenvalue weighted by molar-refractivity contribution is -0.113. The predicted molar refractivity (Wildman–Crippen MR) is 120 cm³/mol. The summed E-state index contributed by atoms with van der Waals surface area (Å²) in [6.07, 6.45) is 0. The lowest BCUT2D eigenvalue weighted by atomic mass is 10.00. The minimum absolute atomic E-state index is 0.0354. The van der Waals surface area contributed by atoms with Gasteiger partial charge in [-0.3, -0.25) is 4.79 Å². The number of anilines is 3. The van der Waals surface area contributed by atoms with Crippen LogP contribution in [0.1, 0.15) is 16.7 Å². The molecule has 1 heterocycles. The van der Waals surface area contributed by atoms with Crippen LogP contribution in [0.5, 0.6) is 5.75 Å². The molecule has 0 aliphatic heterocycles. The third-order valence-corrected chi connectivity index (χ3v) is 5.45. The van der Waals surface area contributed by atoms with Crippen LogP contribution in [0.15, 0.2) is 47.5 Å². The van der Waals surface area contributed by atoms with Gasteiger partial charge in [-0.2, -0.15) is 5.26 Å². The van der Waals surface area contributed by atoms with Crippen molar-refractivity contribution in [1.29, 1.82) is 5.26 Å². The number of thioether (sulfide) groups is 1. The minimum Gasteiger partial charge on any atom is -0.508 e. The lowest BCUT2D eigenvalue weighted by Crippen LogP contribution is -2.15. The second-order valence-electron chi connectivity index (χ2n) is 6.78. The fraction of sp³-hybridized carbons (Fsp3) is 0.136. The quantitative estimate of drug-likeness (QED) is 0.461. The summed E-state index contributed by atoms with van der Waals surface area (Å²) in [4.78, 5) is 16.7. The molecule has 3 aromatic rings. The third kappa shape index (κ3) is 4.47. The van der Waals surface area contributed by atoms with Crippen LogP contribution in [0, 0.1) is 25.2 Å². The van der Waals surface area contributed by atoms with Gasteiger partial charge in [0.05, 0.1) is 17.0 Å². The van der Waals surface area contributed by atoms with E-state index in [1.54, 1.807) is 12.1 Å². The molecule has 0 radical (unpaired) electrons. The number of hydrogen-bond donors (Lipinski definition) is 4. The molecule has 1 aromatic heterocycles. The second-order valence-corrected chi connectivity index (χ2v) is 7.75. The highest BCUT2D eigenvalue weighted by Gasteiger charge is 2.20.